The Bertz CT molecular complexity index is 1130. The van der Waals surface area contributed by atoms with Crippen LogP contribution < -0.4 is 14.4 Å². The molecule has 1 atom stereocenters. The molecule has 0 saturated heterocycles. The fourth-order valence-electron chi connectivity index (χ4n) is 3.59. The number of carbonyl (C=O) groups excluding carboxylic acids is 2. The third-order valence-corrected chi connectivity index (χ3v) is 6.56. The average molecular weight is 524 g/mol. The van der Waals surface area contributed by atoms with Crippen LogP contribution in [0.5, 0.6) is 5.75 Å². The molecular formula is C25H34ClN3O5S. The number of para-hydroxylation sites is 2. The van der Waals surface area contributed by atoms with Gasteiger partial charge in [0.2, 0.25) is 21.8 Å². The standard InChI is InChI=1S/C25H34ClN3O5S/c1-7-20(24(31)27-25(2,3)4)28(16-18-12-14-19(26)15-13-18)23(30)17-29(35(6,32)33)21-10-8-9-11-22(21)34-5/h8-15,20H,7,16-17H2,1-6H3,(H,27,31)/t20-/m0/s1. The highest BCUT2D eigenvalue weighted by Crippen LogP contribution is 2.30. The second-order valence-corrected chi connectivity index (χ2v) is 11.6. The number of benzene rings is 2. The van der Waals surface area contributed by atoms with Gasteiger partial charge in [-0.3, -0.25) is 13.9 Å². The number of amides is 2. The molecule has 0 bridgehead atoms. The lowest BCUT2D eigenvalue weighted by Crippen LogP contribution is -2.55. The van der Waals surface area contributed by atoms with Crippen molar-refractivity contribution in [2.45, 2.75) is 52.2 Å². The Hall–Kier alpha value is -2.78. The zero-order chi connectivity index (χ0) is 26.4. The maximum absolute atomic E-state index is 13.7. The second kappa shape index (κ2) is 11.8. The van der Waals surface area contributed by atoms with Crippen molar-refractivity contribution >= 4 is 39.1 Å². The van der Waals surface area contributed by atoms with E-state index in [9.17, 15) is 18.0 Å². The SMILES string of the molecule is CC[C@@H](C(=O)NC(C)(C)C)N(Cc1ccc(Cl)cc1)C(=O)CN(c1ccccc1OC)S(C)(=O)=O. The van der Waals surface area contributed by atoms with E-state index in [1.165, 1.54) is 12.0 Å². The Labute approximate surface area is 213 Å². The van der Waals surface area contributed by atoms with Crippen LogP contribution in [0.2, 0.25) is 5.02 Å². The van der Waals surface area contributed by atoms with Gasteiger partial charge in [-0.15, -0.1) is 0 Å². The Morgan fingerprint density at radius 3 is 2.20 bits per heavy atom. The van der Waals surface area contributed by atoms with Crippen LogP contribution in [0.15, 0.2) is 48.5 Å². The molecule has 2 amide bonds. The first kappa shape index (κ1) is 28.5. The molecule has 1 N–H and O–H groups in total. The summed E-state index contributed by atoms with van der Waals surface area (Å²) in [7, 11) is -2.42. The molecule has 0 fully saturated rings. The van der Waals surface area contributed by atoms with Crippen molar-refractivity contribution in [2.24, 2.45) is 0 Å². The van der Waals surface area contributed by atoms with Gasteiger partial charge in [-0.05, 0) is 57.0 Å². The summed E-state index contributed by atoms with van der Waals surface area (Å²) in [6, 6.07) is 12.7. The average Bonchev–Trinajstić information content (AvgIpc) is 2.76. The van der Waals surface area contributed by atoms with Gasteiger partial charge < -0.3 is 15.0 Å². The van der Waals surface area contributed by atoms with E-state index in [0.29, 0.717) is 17.2 Å². The van der Waals surface area contributed by atoms with Gasteiger partial charge in [0.15, 0.2) is 0 Å². The molecule has 10 heteroatoms. The predicted octanol–water partition coefficient (Wildman–Crippen LogP) is 3.84. The molecule has 0 aromatic heterocycles. The molecule has 0 aliphatic rings. The first-order chi connectivity index (χ1) is 16.3. The lowest BCUT2D eigenvalue weighted by molar-refractivity contribution is -0.141. The van der Waals surface area contributed by atoms with Crippen LogP contribution in [0, 0.1) is 0 Å². The smallest absolute Gasteiger partial charge is 0.244 e. The van der Waals surface area contributed by atoms with Crippen molar-refractivity contribution in [1.82, 2.24) is 10.2 Å². The molecule has 8 nitrogen and oxygen atoms in total. The van der Waals surface area contributed by atoms with Gasteiger partial charge in [-0.2, -0.15) is 0 Å². The summed E-state index contributed by atoms with van der Waals surface area (Å²) in [6.07, 6.45) is 1.37. The number of hydrogen-bond acceptors (Lipinski definition) is 5. The van der Waals surface area contributed by atoms with Crippen molar-refractivity contribution in [3.05, 3.63) is 59.1 Å². The van der Waals surface area contributed by atoms with Crippen LogP contribution in [-0.4, -0.2) is 56.6 Å². The van der Waals surface area contributed by atoms with Gasteiger partial charge in [0.1, 0.15) is 18.3 Å². The van der Waals surface area contributed by atoms with Gasteiger partial charge in [0, 0.05) is 17.1 Å². The third-order valence-electron chi connectivity index (χ3n) is 5.18. The van der Waals surface area contributed by atoms with E-state index in [4.69, 9.17) is 16.3 Å². The Balaban J connectivity index is 2.48. The van der Waals surface area contributed by atoms with E-state index >= 15 is 0 Å². The number of nitrogens with one attached hydrogen (secondary N) is 1. The van der Waals surface area contributed by atoms with Crippen LogP contribution in [0.3, 0.4) is 0 Å². The summed E-state index contributed by atoms with van der Waals surface area (Å²) < 4.78 is 31.8. The maximum atomic E-state index is 13.7. The molecule has 0 aliphatic heterocycles. The predicted molar refractivity (Wildman–Crippen MR) is 139 cm³/mol. The van der Waals surface area contributed by atoms with Crippen molar-refractivity contribution in [2.75, 3.05) is 24.2 Å². The van der Waals surface area contributed by atoms with E-state index in [0.717, 1.165) is 16.1 Å². The van der Waals surface area contributed by atoms with Crippen molar-refractivity contribution < 1.29 is 22.7 Å². The van der Waals surface area contributed by atoms with E-state index in [-0.39, 0.29) is 18.1 Å². The lowest BCUT2D eigenvalue weighted by Gasteiger charge is -2.34. The van der Waals surface area contributed by atoms with Crippen LogP contribution in [0.1, 0.15) is 39.7 Å². The minimum atomic E-state index is -3.85. The lowest BCUT2D eigenvalue weighted by atomic mass is 10.1. The molecule has 2 aromatic rings. The Morgan fingerprint density at radius 2 is 1.69 bits per heavy atom. The Kier molecular flexibility index (Phi) is 9.57. The van der Waals surface area contributed by atoms with Crippen molar-refractivity contribution in [1.29, 1.82) is 0 Å². The summed E-state index contributed by atoms with van der Waals surface area (Å²) in [4.78, 5) is 28.3. The molecule has 0 spiro atoms. The minimum absolute atomic E-state index is 0.107. The first-order valence-corrected chi connectivity index (χ1v) is 13.5. The summed E-state index contributed by atoms with van der Waals surface area (Å²) >= 11 is 6.01. The van der Waals surface area contributed by atoms with Gasteiger partial charge >= 0.3 is 0 Å². The molecule has 0 saturated carbocycles. The highest BCUT2D eigenvalue weighted by molar-refractivity contribution is 7.92. The quantitative estimate of drug-likeness (QED) is 0.510. The van der Waals surface area contributed by atoms with E-state index in [2.05, 4.69) is 5.32 Å². The number of rotatable bonds is 10. The van der Waals surface area contributed by atoms with Gasteiger partial charge in [0.25, 0.3) is 0 Å². The zero-order valence-electron chi connectivity index (χ0n) is 21.0. The molecule has 2 aromatic carbocycles. The number of sulfonamides is 1. The fourth-order valence-corrected chi connectivity index (χ4v) is 4.57. The summed E-state index contributed by atoms with van der Waals surface area (Å²) in [5, 5.41) is 3.47. The minimum Gasteiger partial charge on any atom is -0.495 e. The highest BCUT2D eigenvalue weighted by atomic mass is 35.5. The summed E-state index contributed by atoms with van der Waals surface area (Å²) in [5.41, 5.74) is 0.493. The van der Waals surface area contributed by atoms with Gasteiger partial charge in [0.05, 0.1) is 19.1 Å². The van der Waals surface area contributed by atoms with E-state index in [1.807, 2.05) is 27.7 Å². The molecule has 2 rings (SSSR count). The van der Waals surface area contributed by atoms with Crippen LogP contribution in [0.25, 0.3) is 0 Å². The van der Waals surface area contributed by atoms with Crippen LogP contribution in [-0.2, 0) is 26.2 Å². The zero-order valence-corrected chi connectivity index (χ0v) is 22.6. The summed E-state index contributed by atoms with van der Waals surface area (Å²) in [5.74, 6) is -0.523. The number of nitrogens with zero attached hydrogens (tertiary/aromatic N) is 2. The number of carbonyl (C=O) groups is 2. The molecule has 192 valence electrons. The molecule has 35 heavy (non-hydrogen) atoms. The normalized spacial score (nSPS) is 12.5. The molecule has 0 unspecified atom stereocenters. The molecule has 0 radical (unpaired) electrons. The number of hydrogen-bond donors (Lipinski definition) is 1. The maximum Gasteiger partial charge on any atom is 0.244 e. The second-order valence-electron chi connectivity index (χ2n) is 9.25. The van der Waals surface area contributed by atoms with Crippen LogP contribution in [0.4, 0.5) is 5.69 Å². The highest BCUT2D eigenvalue weighted by Gasteiger charge is 2.33. The number of methoxy groups -OCH3 is 1. The summed E-state index contributed by atoms with van der Waals surface area (Å²) in [6.45, 7) is 6.99. The van der Waals surface area contributed by atoms with Gasteiger partial charge in [-0.25, -0.2) is 8.42 Å². The Morgan fingerprint density at radius 1 is 1.09 bits per heavy atom. The van der Waals surface area contributed by atoms with E-state index < -0.39 is 34.1 Å². The topological polar surface area (TPSA) is 96.0 Å². The fraction of sp³-hybridized carbons (Fsp3) is 0.440. The third kappa shape index (κ3) is 8.14. The van der Waals surface area contributed by atoms with Crippen LogP contribution >= 0.6 is 11.6 Å². The van der Waals surface area contributed by atoms with Gasteiger partial charge in [-0.1, -0.05) is 42.8 Å². The molecular weight excluding hydrogens is 490 g/mol. The van der Waals surface area contributed by atoms with Crippen molar-refractivity contribution in [3.8, 4) is 5.75 Å². The largest absolute Gasteiger partial charge is 0.495 e. The number of halogens is 1. The molecule has 0 heterocycles. The molecule has 0 aliphatic carbocycles. The number of ether oxygens (including phenoxy) is 1. The first-order valence-electron chi connectivity index (χ1n) is 11.2. The number of anilines is 1. The monoisotopic (exact) mass is 523 g/mol. The van der Waals surface area contributed by atoms with E-state index in [1.54, 1.807) is 48.5 Å². The van der Waals surface area contributed by atoms with Crippen molar-refractivity contribution in [3.63, 3.8) is 0 Å².